The number of guanidine groups is 1. The van der Waals surface area contributed by atoms with Gasteiger partial charge in [0.2, 0.25) is 0 Å². The Kier molecular flexibility index (Phi) is 9.19. The van der Waals surface area contributed by atoms with Crippen molar-refractivity contribution in [3.05, 3.63) is 71.3 Å². The Morgan fingerprint density at radius 2 is 1.80 bits per heavy atom. The second-order valence-corrected chi connectivity index (χ2v) is 7.94. The largest absolute Gasteiger partial charge is 0.381 e. The molecule has 1 aliphatic heterocycles. The molecule has 1 aliphatic rings. The Morgan fingerprint density at radius 1 is 1.07 bits per heavy atom. The van der Waals surface area contributed by atoms with Crippen LogP contribution in [0, 0.1) is 0 Å². The minimum Gasteiger partial charge on any atom is -0.381 e. The highest BCUT2D eigenvalue weighted by atomic mass is 16.5. The zero-order valence-electron chi connectivity index (χ0n) is 18.3. The molecule has 0 radical (unpaired) electrons. The number of rotatable bonds is 9. The van der Waals surface area contributed by atoms with E-state index in [4.69, 9.17) is 9.47 Å². The molecule has 1 heterocycles. The molecule has 0 aromatic heterocycles. The quantitative estimate of drug-likeness (QED) is 0.484. The van der Waals surface area contributed by atoms with Gasteiger partial charge >= 0.3 is 0 Å². The maximum Gasteiger partial charge on any atom is 0.191 e. The third-order valence-electron chi connectivity index (χ3n) is 5.42. The van der Waals surface area contributed by atoms with Gasteiger partial charge in [0.05, 0.1) is 12.7 Å². The molecule has 0 saturated carbocycles. The van der Waals surface area contributed by atoms with Crippen molar-refractivity contribution in [3.63, 3.8) is 0 Å². The standard InChI is InChI=1S/C25H35N3O2/c1-20(11-12-21-7-4-3-5-8-21)28-25(26-2)27-18-22-9-6-10-23(17-22)19-30-24-13-15-29-16-14-24/h3-10,17,20,24H,11-16,18-19H2,1-2H3,(H2,26,27,28). The van der Waals surface area contributed by atoms with Gasteiger partial charge in [-0.15, -0.1) is 0 Å². The fourth-order valence-electron chi connectivity index (χ4n) is 3.60. The normalized spacial score (nSPS) is 16.3. The number of hydrogen-bond acceptors (Lipinski definition) is 3. The van der Waals surface area contributed by atoms with Crippen molar-refractivity contribution in [2.45, 2.75) is 57.9 Å². The third kappa shape index (κ3) is 7.81. The first-order chi connectivity index (χ1) is 14.7. The van der Waals surface area contributed by atoms with E-state index in [9.17, 15) is 0 Å². The monoisotopic (exact) mass is 409 g/mol. The summed E-state index contributed by atoms with van der Waals surface area (Å²) in [5.74, 6) is 0.833. The van der Waals surface area contributed by atoms with Crippen LogP contribution in [0.5, 0.6) is 0 Å². The van der Waals surface area contributed by atoms with Crippen molar-refractivity contribution in [3.8, 4) is 0 Å². The Labute approximate surface area is 180 Å². The molecular weight excluding hydrogens is 374 g/mol. The Hall–Kier alpha value is -2.37. The van der Waals surface area contributed by atoms with E-state index in [0.717, 1.165) is 51.4 Å². The van der Waals surface area contributed by atoms with Gasteiger partial charge in [0.25, 0.3) is 0 Å². The number of aryl methyl sites for hydroxylation is 1. The van der Waals surface area contributed by atoms with Crippen molar-refractivity contribution in [2.75, 3.05) is 20.3 Å². The van der Waals surface area contributed by atoms with Crippen LogP contribution in [0.4, 0.5) is 0 Å². The third-order valence-corrected chi connectivity index (χ3v) is 5.42. The van der Waals surface area contributed by atoms with Crippen molar-refractivity contribution in [2.24, 2.45) is 4.99 Å². The number of benzene rings is 2. The van der Waals surface area contributed by atoms with E-state index in [1.165, 1.54) is 16.7 Å². The van der Waals surface area contributed by atoms with Crippen molar-refractivity contribution in [1.29, 1.82) is 0 Å². The summed E-state index contributed by atoms with van der Waals surface area (Å²) < 4.78 is 11.4. The number of ether oxygens (including phenoxy) is 2. The molecule has 0 aliphatic carbocycles. The highest BCUT2D eigenvalue weighted by Crippen LogP contribution is 2.14. The number of nitrogens with zero attached hydrogens (tertiary/aromatic N) is 1. The van der Waals surface area contributed by atoms with Gasteiger partial charge in [-0.3, -0.25) is 4.99 Å². The van der Waals surface area contributed by atoms with Gasteiger partial charge in [0.1, 0.15) is 0 Å². The summed E-state index contributed by atoms with van der Waals surface area (Å²) in [5, 5.41) is 6.92. The second kappa shape index (κ2) is 12.4. The summed E-state index contributed by atoms with van der Waals surface area (Å²) in [6.45, 7) is 5.21. The van der Waals surface area contributed by atoms with Gasteiger partial charge in [0, 0.05) is 32.8 Å². The molecule has 2 aromatic carbocycles. The molecule has 1 atom stereocenters. The molecule has 5 heteroatoms. The first-order valence-electron chi connectivity index (χ1n) is 11.0. The maximum atomic E-state index is 6.05. The first-order valence-corrected chi connectivity index (χ1v) is 11.0. The Morgan fingerprint density at radius 3 is 2.57 bits per heavy atom. The Balaban J connectivity index is 1.41. The summed E-state index contributed by atoms with van der Waals surface area (Å²) in [4.78, 5) is 4.38. The zero-order valence-corrected chi connectivity index (χ0v) is 18.3. The lowest BCUT2D eigenvalue weighted by molar-refractivity contribution is -0.0390. The first kappa shape index (κ1) is 22.3. The van der Waals surface area contributed by atoms with E-state index in [1.807, 2.05) is 7.05 Å². The number of nitrogens with one attached hydrogen (secondary N) is 2. The van der Waals surface area contributed by atoms with Crippen LogP contribution >= 0.6 is 0 Å². The second-order valence-electron chi connectivity index (χ2n) is 7.94. The SMILES string of the molecule is CN=C(NCc1cccc(COC2CCOCC2)c1)NC(C)CCc1ccccc1. The minimum atomic E-state index is 0.320. The van der Waals surface area contributed by atoms with E-state index in [-0.39, 0.29) is 0 Å². The van der Waals surface area contributed by atoms with E-state index < -0.39 is 0 Å². The van der Waals surface area contributed by atoms with Gasteiger partial charge < -0.3 is 20.1 Å². The minimum absolute atomic E-state index is 0.320. The van der Waals surface area contributed by atoms with Crippen LogP contribution in [-0.2, 0) is 29.0 Å². The van der Waals surface area contributed by atoms with Gasteiger partial charge in [0.15, 0.2) is 5.96 Å². The van der Waals surface area contributed by atoms with Gasteiger partial charge in [-0.05, 0) is 49.3 Å². The van der Waals surface area contributed by atoms with E-state index in [1.54, 1.807) is 0 Å². The van der Waals surface area contributed by atoms with Crippen LogP contribution in [-0.4, -0.2) is 38.4 Å². The predicted molar refractivity (Wildman–Crippen MR) is 123 cm³/mol. The summed E-state index contributed by atoms with van der Waals surface area (Å²) in [5.41, 5.74) is 3.80. The molecule has 30 heavy (non-hydrogen) atoms. The number of aliphatic imine (C=N–C) groups is 1. The van der Waals surface area contributed by atoms with E-state index >= 15 is 0 Å². The van der Waals surface area contributed by atoms with Crippen molar-refractivity contribution < 1.29 is 9.47 Å². The fourth-order valence-corrected chi connectivity index (χ4v) is 3.60. The topological polar surface area (TPSA) is 54.9 Å². The van der Waals surface area contributed by atoms with Gasteiger partial charge in [-0.25, -0.2) is 0 Å². The van der Waals surface area contributed by atoms with Crippen LogP contribution in [0.15, 0.2) is 59.6 Å². The molecule has 2 N–H and O–H groups in total. The van der Waals surface area contributed by atoms with Crippen LogP contribution in [0.25, 0.3) is 0 Å². The fraction of sp³-hybridized carbons (Fsp3) is 0.480. The lowest BCUT2D eigenvalue weighted by atomic mass is 10.1. The highest BCUT2D eigenvalue weighted by molar-refractivity contribution is 5.79. The van der Waals surface area contributed by atoms with Crippen LogP contribution in [0.1, 0.15) is 42.9 Å². The predicted octanol–water partition coefficient (Wildman–Crippen LogP) is 4.07. The highest BCUT2D eigenvalue weighted by Gasteiger charge is 2.14. The average Bonchev–Trinajstić information content (AvgIpc) is 2.80. The smallest absolute Gasteiger partial charge is 0.191 e. The summed E-state index contributed by atoms with van der Waals surface area (Å²) in [6, 6.07) is 19.5. The van der Waals surface area contributed by atoms with Crippen LogP contribution in [0.3, 0.4) is 0 Å². The molecule has 1 unspecified atom stereocenters. The lowest BCUT2D eigenvalue weighted by Gasteiger charge is -2.22. The molecule has 2 aromatic rings. The van der Waals surface area contributed by atoms with Crippen molar-refractivity contribution >= 4 is 5.96 Å². The summed E-state index contributed by atoms with van der Waals surface area (Å²) >= 11 is 0. The summed E-state index contributed by atoms with van der Waals surface area (Å²) in [7, 11) is 1.82. The molecule has 162 valence electrons. The molecule has 1 fully saturated rings. The molecule has 1 saturated heterocycles. The molecule has 0 amide bonds. The molecule has 3 rings (SSSR count). The average molecular weight is 410 g/mol. The molecular formula is C25H35N3O2. The Bertz CT molecular complexity index is 773. The van der Waals surface area contributed by atoms with Gasteiger partial charge in [-0.2, -0.15) is 0 Å². The van der Waals surface area contributed by atoms with E-state index in [0.29, 0.717) is 18.8 Å². The van der Waals surface area contributed by atoms with Gasteiger partial charge in [-0.1, -0.05) is 54.6 Å². The van der Waals surface area contributed by atoms with Crippen molar-refractivity contribution in [1.82, 2.24) is 10.6 Å². The lowest BCUT2D eigenvalue weighted by Crippen LogP contribution is -2.42. The molecule has 0 bridgehead atoms. The zero-order chi connectivity index (χ0) is 21.0. The number of hydrogen-bond donors (Lipinski definition) is 2. The van der Waals surface area contributed by atoms with Crippen LogP contribution < -0.4 is 10.6 Å². The molecule has 5 nitrogen and oxygen atoms in total. The van der Waals surface area contributed by atoms with E-state index in [2.05, 4.69) is 77.1 Å². The van der Waals surface area contributed by atoms with Crippen LogP contribution in [0.2, 0.25) is 0 Å². The maximum absolute atomic E-state index is 6.05. The summed E-state index contributed by atoms with van der Waals surface area (Å²) in [6.07, 6.45) is 4.42. The molecule has 0 spiro atoms.